The molecule has 0 radical (unpaired) electrons. The summed E-state index contributed by atoms with van der Waals surface area (Å²) < 4.78 is 35.1. The quantitative estimate of drug-likeness (QED) is 0.413. The summed E-state index contributed by atoms with van der Waals surface area (Å²) in [7, 11) is 0. The van der Waals surface area contributed by atoms with Gasteiger partial charge >= 0.3 is 0 Å². The second kappa shape index (κ2) is 10.2. The minimum absolute atomic E-state index is 0.0646. The molecule has 2 aromatic heterocycles. The molecule has 0 aliphatic heterocycles. The van der Waals surface area contributed by atoms with Crippen LogP contribution in [0.4, 0.5) is 8.78 Å². The van der Waals surface area contributed by atoms with Crippen molar-refractivity contribution in [2.75, 3.05) is 6.61 Å². The molecule has 166 valence electrons. The summed E-state index contributed by atoms with van der Waals surface area (Å²) in [6.07, 6.45) is 4.42. The number of Topliss-reactive ketones (excluding diaryl/α,β-unsaturated/α-hetero) is 1. The lowest BCUT2D eigenvalue weighted by molar-refractivity contribution is 0.0923. The van der Waals surface area contributed by atoms with Gasteiger partial charge in [-0.3, -0.25) is 9.20 Å². The molecule has 1 N–H and O–H groups in total. The van der Waals surface area contributed by atoms with Crippen molar-refractivity contribution in [3.8, 4) is 5.75 Å². The highest BCUT2D eigenvalue weighted by Crippen LogP contribution is 2.29. The minimum atomic E-state index is -0.712. The Labute approximate surface area is 184 Å². The zero-order valence-corrected chi connectivity index (χ0v) is 18.3. The molecule has 0 saturated carbocycles. The summed E-state index contributed by atoms with van der Waals surface area (Å²) in [6.45, 7) is 3.34. The van der Waals surface area contributed by atoms with Gasteiger partial charge in [0.1, 0.15) is 23.9 Å². The van der Waals surface area contributed by atoms with Gasteiger partial charge < -0.3 is 9.84 Å². The van der Waals surface area contributed by atoms with Gasteiger partial charge in [-0.2, -0.15) is 0 Å². The highest BCUT2D eigenvalue weighted by molar-refractivity contribution is 6.30. The molecular weight excluding hydrogens is 426 g/mol. The Balaban J connectivity index is 1.91. The molecule has 0 amide bonds. The SMILES string of the molecule is CCCC[C@H](CO)CC(=O)c1c(C)nc2c(OCc3c(F)cccc3F)cc(Cl)cn12. The van der Waals surface area contributed by atoms with Crippen molar-refractivity contribution >= 4 is 23.0 Å². The fourth-order valence-corrected chi connectivity index (χ4v) is 3.76. The lowest BCUT2D eigenvalue weighted by Gasteiger charge is -2.13. The zero-order chi connectivity index (χ0) is 22.5. The van der Waals surface area contributed by atoms with E-state index in [4.69, 9.17) is 16.3 Å². The van der Waals surface area contributed by atoms with Gasteiger partial charge in [0, 0.05) is 25.3 Å². The Bertz CT molecular complexity index is 1060. The zero-order valence-electron chi connectivity index (χ0n) is 17.5. The van der Waals surface area contributed by atoms with Crippen LogP contribution in [0.3, 0.4) is 0 Å². The number of pyridine rings is 1. The number of halogens is 3. The number of carbonyl (C=O) groups is 1. The Morgan fingerprint density at radius 2 is 2.03 bits per heavy atom. The normalized spacial score (nSPS) is 12.3. The second-order valence-electron chi connectivity index (χ2n) is 7.57. The first-order valence-electron chi connectivity index (χ1n) is 10.2. The number of aliphatic hydroxyl groups is 1. The summed E-state index contributed by atoms with van der Waals surface area (Å²) >= 11 is 6.23. The molecule has 3 rings (SSSR count). The maximum atomic E-state index is 13.9. The molecule has 2 heterocycles. The number of hydrogen-bond donors (Lipinski definition) is 1. The number of unbranched alkanes of at least 4 members (excludes halogenated alkanes) is 1. The van der Waals surface area contributed by atoms with Crippen LogP contribution in [0.1, 0.15) is 54.4 Å². The fraction of sp³-hybridized carbons (Fsp3) is 0.391. The topological polar surface area (TPSA) is 63.8 Å². The predicted molar refractivity (Wildman–Crippen MR) is 115 cm³/mol. The van der Waals surface area contributed by atoms with E-state index in [1.807, 2.05) is 0 Å². The van der Waals surface area contributed by atoms with Gasteiger partial charge in [0.2, 0.25) is 0 Å². The highest BCUT2D eigenvalue weighted by Gasteiger charge is 2.23. The van der Waals surface area contributed by atoms with Crippen molar-refractivity contribution in [3.63, 3.8) is 0 Å². The van der Waals surface area contributed by atoms with Crippen LogP contribution in [0.25, 0.3) is 5.65 Å². The van der Waals surface area contributed by atoms with Crippen molar-refractivity contribution in [3.05, 3.63) is 64.1 Å². The molecule has 3 aromatic rings. The third kappa shape index (κ3) is 5.22. The lowest BCUT2D eigenvalue weighted by Crippen LogP contribution is -2.15. The fourth-order valence-electron chi connectivity index (χ4n) is 3.57. The van der Waals surface area contributed by atoms with Crippen molar-refractivity contribution in [1.29, 1.82) is 0 Å². The lowest BCUT2D eigenvalue weighted by atomic mass is 9.95. The number of imidazole rings is 1. The van der Waals surface area contributed by atoms with E-state index in [1.165, 1.54) is 12.1 Å². The molecule has 5 nitrogen and oxygen atoms in total. The Hall–Kier alpha value is -2.51. The molecule has 0 aliphatic rings. The average molecular weight is 451 g/mol. The number of aliphatic hydroxyl groups excluding tert-OH is 1. The van der Waals surface area contributed by atoms with Crippen molar-refractivity contribution < 1.29 is 23.4 Å². The van der Waals surface area contributed by atoms with Crippen LogP contribution in [-0.4, -0.2) is 26.9 Å². The number of benzene rings is 1. The summed E-state index contributed by atoms with van der Waals surface area (Å²) in [4.78, 5) is 17.4. The van der Waals surface area contributed by atoms with Crippen LogP contribution in [-0.2, 0) is 6.61 Å². The van der Waals surface area contributed by atoms with E-state index in [9.17, 15) is 18.7 Å². The molecule has 0 bridgehead atoms. The summed E-state index contributed by atoms with van der Waals surface area (Å²) in [5, 5.41) is 9.90. The first-order valence-corrected chi connectivity index (χ1v) is 10.6. The summed E-state index contributed by atoms with van der Waals surface area (Å²) in [5.74, 6) is -1.50. The third-order valence-electron chi connectivity index (χ3n) is 5.22. The maximum Gasteiger partial charge on any atom is 0.181 e. The number of rotatable bonds is 10. The molecule has 1 atom stereocenters. The summed E-state index contributed by atoms with van der Waals surface area (Å²) in [5.41, 5.74) is 0.966. The van der Waals surface area contributed by atoms with E-state index in [0.717, 1.165) is 31.4 Å². The van der Waals surface area contributed by atoms with E-state index in [0.29, 0.717) is 17.0 Å². The second-order valence-corrected chi connectivity index (χ2v) is 8.01. The van der Waals surface area contributed by atoms with E-state index >= 15 is 0 Å². The molecule has 1 aromatic carbocycles. The molecule has 0 spiro atoms. The molecular formula is C23H25ClF2N2O3. The smallest absolute Gasteiger partial charge is 0.181 e. The van der Waals surface area contributed by atoms with Crippen LogP contribution in [0.2, 0.25) is 5.02 Å². The average Bonchev–Trinajstić information content (AvgIpc) is 3.06. The van der Waals surface area contributed by atoms with Gasteiger partial charge in [0.05, 0.1) is 16.3 Å². The van der Waals surface area contributed by atoms with Gasteiger partial charge in [-0.15, -0.1) is 0 Å². The molecule has 31 heavy (non-hydrogen) atoms. The number of aryl methyl sites for hydroxylation is 1. The highest BCUT2D eigenvalue weighted by atomic mass is 35.5. The summed E-state index contributed by atoms with van der Waals surface area (Å²) in [6, 6.07) is 5.08. The monoisotopic (exact) mass is 450 g/mol. The largest absolute Gasteiger partial charge is 0.485 e. The van der Waals surface area contributed by atoms with Gasteiger partial charge in [0.15, 0.2) is 17.2 Å². The van der Waals surface area contributed by atoms with Gasteiger partial charge in [-0.25, -0.2) is 13.8 Å². The van der Waals surface area contributed by atoms with E-state index in [1.54, 1.807) is 17.5 Å². The van der Waals surface area contributed by atoms with Gasteiger partial charge in [-0.1, -0.05) is 37.4 Å². The number of hydrogen-bond acceptors (Lipinski definition) is 4. The third-order valence-corrected chi connectivity index (χ3v) is 5.43. The van der Waals surface area contributed by atoms with Crippen LogP contribution in [0, 0.1) is 24.5 Å². The van der Waals surface area contributed by atoms with E-state index in [2.05, 4.69) is 11.9 Å². The van der Waals surface area contributed by atoms with Crippen molar-refractivity contribution in [2.45, 2.75) is 46.1 Å². The first-order chi connectivity index (χ1) is 14.8. The van der Waals surface area contributed by atoms with Gasteiger partial charge in [0.25, 0.3) is 0 Å². The Morgan fingerprint density at radius 3 is 2.68 bits per heavy atom. The maximum absolute atomic E-state index is 13.9. The van der Waals surface area contributed by atoms with E-state index < -0.39 is 11.6 Å². The number of nitrogens with zero attached hydrogens (tertiary/aromatic N) is 2. The molecule has 8 heteroatoms. The van der Waals surface area contributed by atoms with Crippen LogP contribution >= 0.6 is 11.6 Å². The number of ether oxygens (including phenoxy) is 1. The number of ketones is 1. The molecule has 0 saturated heterocycles. The van der Waals surface area contributed by atoms with Gasteiger partial charge in [-0.05, 0) is 31.4 Å². The number of fused-ring (bicyclic) bond motifs is 1. The Morgan fingerprint density at radius 1 is 1.32 bits per heavy atom. The number of carbonyl (C=O) groups excluding carboxylic acids is 1. The van der Waals surface area contributed by atoms with E-state index in [-0.39, 0.29) is 47.7 Å². The van der Waals surface area contributed by atoms with Crippen LogP contribution in [0.15, 0.2) is 30.5 Å². The molecule has 0 aliphatic carbocycles. The first kappa shape index (κ1) is 23.2. The molecule has 0 unspecified atom stereocenters. The van der Waals surface area contributed by atoms with Crippen LogP contribution < -0.4 is 4.74 Å². The van der Waals surface area contributed by atoms with Crippen molar-refractivity contribution in [1.82, 2.24) is 9.38 Å². The Kier molecular flexibility index (Phi) is 7.62. The standard InChI is InChI=1S/C23H25ClF2N2O3/c1-3-4-6-15(12-29)9-20(30)22-14(2)27-23-21(10-16(24)11-28(22)23)31-13-17-18(25)7-5-8-19(17)26/h5,7-8,10-11,15,29H,3-4,6,9,12-13H2,1-2H3/t15-/m0/s1. The predicted octanol–water partition coefficient (Wildman–Crippen LogP) is 5.52. The number of aromatic nitrogens is 2. The van der Waals surface area contributed by atoms with Crippen molar-refractivity contribution in [2.24, 2.45) is 5.92 Å². The molecule has 0 fully saturated rings. The van der Waals surface area contributed by atoms with Crippen LogP contribution in [0.5, 0.6) is 5.75 Å². The minimum Gasteiger partial charge on any atom is -0.485 e.